The summed E-state index contributed by atoms with van der Waals surface area (Å²) < 4.78 is 6.06. The van der Waals surface area contributed by atoms with Crippen molar-refractivity contribution in [3.8, 4) is 5.75 Å². The minimum atomic E-state index is 0. The summed E-state index contributed by atoms with van der Waals surface area (Å²) in [6.45, 7) is 3.62. The van der Waals surface area contributed by atoms with Gasteiger partial charge in [0.1, 0.15) is 11.9 Å². The van der Waals surface area contributed by atoms with Crippen LogP contribution in [0.5, 0.6) is 5.75 Å². The van der Waals surface area contributed by atoms with E-state index in [-0.39, 0.29) is 24.4 Å². The van der Waals surface area contributed by atoms with Gasteiger partial charge in [0.15, 0.2) is 0 Å². The molecule has 1 aliphatic carbocycles. The Kier molecular flexibility index (Phi) is 6.28. The van der Waals surface area contributed by atoms with E-state index >= 15 is 0 Å². The molecule has 144 valence electrons. The minimum absolute atomic E-state index is 0. The number of halogens is 3. The van der Waals surface area contributed by atoms with Crippen molar-refractivity contribution in [2.24, 2.45) is 11.3 Å². The van der Waals surface area contributed by atoms with E-state index in [4.69, 9.17) is 27.9 Å². The number of rotatable bonds is 3. The van der Waals surface area contributed by atoms with Crippen molar-refractivity contribution >= 4 is 41.5 Å². The van der Waals surface area contributed by atoms with E-state index in [1.165, 1.54) is 0 Å². The maximum atomic E-state index is 12.9. The molecule has 0 bridgehead atoms. The van der Waals surface area contributed by atoms with Crippen molar-refractivity contribution in [3.05, 3.63) is 28.2 Å². The van der Waals surface area contributed by atoms with E-state index in [1.807, 2.05) is 11.0 Å². The van der Waals surface area contributed by atoms with Gasteiger partial charge in [-0.1, -0.05) is 23.2 Å². The lowest BCUT2D eigenvalue weighted by molar-refractivity contribution is -0.136. The normalized spacial score (nSPS) is 26.9. The number of likely N-dealkylation sites (tertiary alicyclic amines) is 1. The fourth-order valence-corrected chi connectivity index (χ4v) is 4.66. The Hall–Kier alpha value is -0.680. The highest BCUT2D eigenvalue weighted by atomic mass is 35.5. The lowest BCUT2D eigenvalue weighted by Crippen LogP contribution is -2.46. The first kappa shape index (κ1) is 20.1. The zero-order valence-electron chi connectivity index (χ0n) is 14.7. The van der Waals surface area contributed by atoms with Crippen LogP contribution in [-0.2, 0) is 4.79 Å². The van der Waals surface area contributed by atoms with Crippen LogP contribution in [0.4, 0.5) is 0 Å². The van der Waals surface area contributed by atoms with Crippen LogP contribution in [0.1, 0.15) is 32.1 Å². The molecule has 1 aromatic rings. The Balaban J connectivity index is 0.00000196. The highest BCUT2D eigenvalue weighted by Crippen LogP contribution is 2.59. The van der Waals surface area contributed by atoms with Gasteiger partial charge in [0.2, 0.25) is 5.91 Å². The van der Waals surface area contributed by atoms with Crippen LogP contribution < -0.4 is 10.1 Å². The third kappa shape index (κ3) is 4.09. The molecule has 0 radical (unpaired) electrons. The second-order valence-corrected chi connectivity index (χ2v) is 8.43. The van der Waals surface area contributed by atoms with E-state index in [9.17, 15) is 4.79 Å². The summed E-state index contributed by atoms with van der Waals surface area (Å²) in [5, 5.41) is 4.41. The first-order chi connectivity index (χ1) is 12.1. The molecule has 2 heterocycles. The van der Waals surface area contributed by atoms with Crippen molar-refractivity contribution in [2.45, 2.75) is 38.2 Å². The highest BCUT2D eigenvalue weighted by molar-refractivity contribution is 6.42. The van der Waals surface area contributed by atoms with E-state index < -0.39 is 0 Å². The second-order valence-electron chi connectivity index (χ2n) is 7.61. The van der Waals surface area contributed by atoms with Gasteiger partial charge in [-0.25, -0.2) is 0 Å². The molecule has 3 aliphatic rings. The Morgan fingerprint density at radius 2 is 2.00 bits per heavy atom. The van der Waals surface area contributed by atoms with Gasteiger partial charge < -0.3 is 15.0 Å². The standard InChI is InChI=1S/C19H24Cl2N2O2.ClH/c20-16-4-3-13(10-17(16)21)25-14-2-1-9-23(12-14)18(24)15-11-19(15)5-7-22-8-6-19;/h3-4,10,14-15,22H,1-2,5-9,11-12H2;1H. The van der Waals surface area contributed by atoms with Gasteiger partial charge in [-0.15, -0.1) is 12.4 Å². The summed E-state index contributed by atoms with van der Waals surface area (Å²) in [6.07, 6.45) is 5.32. The molecule has 2 aliphatic heterocycles. The predicted molar refractivity (Wildman–Crippen MR) is 107 cm³/mol. The lowest BCUT2D eigenvalue weighted by Gasteiger charge is -2.34. The van der Waals surface area contributed by atoms with Crippen LogP contribution in [0, 0.1) is 11.3 Å². The van der Waals surface area contributed by atoms with Crippen molar-refractivity contribution in [1.29, 1.82) is 0 Å². The van der Waals surface area contributed by atoms with Gasteiger partial charge in [0.05, 0.1) is 16.6 Å². The average molecular weight is 420 g/mol. The SMILES string of the molecule is Cl.O=C(C1CC12CCNCC2)N1CCCC(Oc2ccc(Cl)c(Cl)c2)C1. The van der Waals surface area contributed by atoms with Crippen LogP contribution in [0.2, 0.25) is 10.0 Å². The van der Waals surface area contributed by atoms with Gasteiger partial charge in [0, 0.05) is 18.5 Å². The number of amides is 1. The van der Waals surface area contributed by atoms with Gasteiger partial charge in [-0.2, -0.15) is 0 Å². The number of nitrogens with zero attached hydrogens (tertiary/aromatic N) is 1. The van der Waals surface area contributed by atoms with E-state index in [1.54, 1.807) is 12.1 Å². The number of carbonyl (C=O) groups excluding carboxylic acids is 1. The van der Waals surface area contributed by atoms with Crippen LogP contribution in [0.25, 0.3) is 0 Å². The van der Waals surface area contributed by atoms with Crippen LogP contribution in [0.3, 0.4) is 0 Å². The molecular formula is C19H25Cl3N2O2. The van der Waals surface area contributed by atoms with E-state index in [2.05, 4.69) is 5.32 Å². The fourth-order valence-electron chi connectivity index (χ4n) is 4.37. The number of carbonyl (C=O) groups is 1. The second kappa shape index (κ2) is 8.14. The number of hydrogen-bond acceptors (Lipinski definition) is 3. The van der Waals surface area contributed by atoms with Crippen LogP contribution >= 0.6 is 35.6 Å². The number of ether oxygens (including phenoxy) is 1. The molecule has 0 aromatic heterocycles. The van der Waals surface area contributed by atoms with Crippen LogP contribution in [-0.4, -0.2) is 43.1 Å². The predicted octanol–water partition coefficient (Wildman–Crippen LogP) is 4.17. The molecule has 1 N–H and O–H groups in total. The molecule has 2 saturated heterocycles. The first-order valence-corrected chi connectivity index (χ1v) is 9.94. The molecule has 3 fully saturated rings. The highest BCUT2D eigenvalue weighted by Gasteiger charge is 2.58. The van der Waals surface area contributed by atoms with Crippen molar-refractivity contribution in [1.82, 2.24) is 10.2 Å². The van der Waals surface area contributed by atoms with Gasteiger partial charge in [-0.05, 0) is 62.7 Å². The molecule has 1 saturated carbocycles. The Labute approximate surface area is 171 Å². The fraction of sp³-hybridized carbons (Fsp3) is 0.632. The Bertz CT molecular complexity index is 664. The molecule has 4 rings (SSSR count). The summed E-state index contributed by atoms with van der Waals surface area (Å²) in [7, 11) is 0. The summed E-state index contributed by atoms with van der Waals surface area (Å²) >= 11 is 12.0. The summed E-state index contributed by atoms with van der Waals surface area (Å²) in [5.41, 5.74) is 0.292. The van der Waals surface area contributed by atoms with Gasteiger partial charge in [0.25, 0.3) is 0 Å². The molecule has 1 spiro atoms. The molecule has 1 amide bonds. The monoisotopic (exact) mass is 418 g/mol. The molecule has 2 unspecified atom stereocenters. The molecule has 26 heavy (non-hydrogen) atoms. The van der Waals surface area contributed by atoms with Crippen molar-refractivity contribution in [2.75, 3.05) is 26.2 Å². The zero-order chi connectivity index (χ0) is 17.4. The van der Waals surface area contributed by atoms with E-state index in [0.29, 0.717) is 27.9 Å². The van der Waals surface area contributed by atoms with Crippen molar-refractivity contribution < 1.29 is 9.53 Å². The smallest absolute Gasteiger partial charge is 0.226 e. The maximum absolute atomic E-state index is 12.9. The summed E-state index contributed by atoms with van der Waals surface area (Å²) in [4.78, 5) is 15.0. The van der Waals surface area contributed by atoms with Crippen LogP contribution in [0.15, 0.2) is 18.2 Å². The summed E-state index contributed by atoms with van der Waals surface area (Å²) in [5.74, 6) is 1.29. The molecule has 1 aromatic carbocycles. The zero-order valence-corrected chi connectivity index (χ0v) is 17.0. The third-order valence-electron chi connectivity index (χ3n) is 5.97. The van der Waals surface area contributed by atoms with E-state index in [0.717, 1.165) is 57.5 Å². The quantitative estimate of drug-likeness (QED) is 0.799. The summed E-state index contributed by atoms with van der Waals surface area (Å²) in [6, 6.07) is 5.32. The van der Waals surface area contributed by atoms with Gasteiger partial charge >= 0.3 is 0 Å². The van der Waals surface area contributed by atoms with Crippen molar-refractivity contribution in [3.63, 3.8) is 0 Å². The average Bonchev–Trinajstić information content (AvgIpc) is 3.31. The Morgan fingerprint density at radius 3 is 2.73 bits per heavy atom. The van der Waals surface area contributed by atoms with Gasteiger partial charge in [-0.3, -0.25) is 4.79 Å². The molecule has 7 heteroatoms. The minimum Gasteiger partial charge on any atom is -0.489 e. The third-order valence-corrected chi connectivity index (χ3v) is 6.71. The maximum Gasteiger partial charge on any atom is 0.226 e. The molecule has 2 atom stereocenters. The molecular weight excluding hydrogens is 395 g/mol. The first-order valence-electron chi connectivity index (χ1n) is 9.19. The topological polar surface area (TPSA) is 41.6 Å². The largest absolute Gasteiger partial charge is 0.489 e. The molecule has 4 nitrogen and oxygen atoms in total. The number of nitrogens with one attached hydrogen (secondary N) is 1. The number of piperidine rings is 2. The number of benzene rings is 1. The Morgan fingerprint density at radius 1 is 1.23 bits per heavy atom. The lowest BCUT2D eigenvalue weighted by atomic mass is 9.91. The number of hydrogen-bond donors (Lipinski definition) is 1.